The monoisotopic (exact) mass is 538 g/mol. The van der Waals surface area contributed by atoms with Gasteiger partial charge >= 0.3 is 6.03 Å². The summed E-state index contributed by atoms with van der Waals surface area (Å²) in [6.45, 7) is 3.92. The van der Waals surface area contributed by atoms with Crippen LogP contribution in [0.5, 0.6) is 11.5 Å². The average Bonchev–Trinajstić information content (AvgIpc) is 3.44. The largest absolute Gasteiger partial charge is 0.467 e. The van der Waals surface area contributed by atoms with E-state index in [1.165, 1.54) is 4.68 Å². The molecule has 1 fully saturated rings. The zero-order valence-corrected chi connectivity index (χ0v) is 21.7. The van der Waals surface area contributed by atoms with Crippen molar-refractivity contribution in [3.8, 4) is 17.6 Å². The second-order valence-electron chi connectivity index (χ2n) is 9.98. The molecule has 0 radical (unpaired) electrons. The quantitative estimate of drug-likeness (QED) is 0.387. The summed E-state index contributed by atoms with van der Waals surface area (Å²) >= 11 is 0. The Labute approximate surface area is 230 Å². The standard InChI is InChI=1S/C29H26N6O5/c30-14-19-1-4-25-24(11-19)31-32-35(25)29(36)34-9-7-33(8-10-34)28(20-2-5-26-22(12-20)15-37-17-39-26)21-3-6-27-23(13-21)16-38-18-40-27/h1-6,11-13,28H,7-10,15-18H2. The Kier molecular flexibility index (Phi) is 6.28. The van der Waals surface area contributed by atoms with Gasteiger partial charge in [-0.15, -0.1) is 5.10 Å². The van der Waals surface area contributed by atoms with Gasteiger partial charge in [0.15, 0.2) is 13.6 Å². The summed E-state index contributed by atoms with van der Waals surface area (Å²) in [5.74, 6) is 1.69. The van der Waals surface area contributed by atoms with Crippen LogP contribution in [0.4, 0.5) is 4.79 Å². The van der Waals surface area contributed by atoms with Crippen molar-refractivity contribution in [3.05, 3.63) is 82.4 Å². The van der Waals surface area contributed by atoms with E-state index in [2.05, 4.69) is 45.5 Å². The van der Waals surface area contributed by atoms with Gasteiger partial charge in [0.25, 0.3) is 0 Å². The van der Waals surface area contributed by atoms with Crippen molar-refractivity contribution in [3.63, 3.8) is 0 Å². The molecule has 1 aromatic heterocycles. The third-order valence-electron chi connectivity index (χ3n) is 7.62. The molecule has 0 N–H and O–H groups in total. The van der Waals surface area contributed by atoms with Crippen molar-refractivity contribution in [1.29, 1.82) is 5.26 Å². The molecule has 0 bridgehead atoms. The lowest BCUT2D eigenvalue weighted by Gasteiger charge is -2.40. The molecule has 3 aromatic carbocycles. The summed E-state index contributed by atoms with van der Waals surface area (Å²) in [7, 11) is 0. The first-order valence-electron chi connectivity index (χ1n) is 13.1. The van der Waals surface area contributed by atoms with E-state index >= 15 is 0 Å². The second kappa shape index (κ2) is 10.2. The van der Waals surface area contributed by atoms with Crippen molar-refractivity contribution in [2.24, 2.45) is 0 Å². The van der Waals surface area contributed by atoms with Crippen LogP contribution >= 0.6 is 0 Å². The summed E-state index contributed by atoms with van der Waals surface area (Å²) in [6, 6.07) is 19.4. The lowest BCUT2D eigenvalue weighted by molar-refractivity contribution is -0.0165. The molecule has 7 rings (SSSR count). The third-order valence-corrected chi connectivity index (χ3v) is 7.62. The highest BCUT2D eigenvalue weighted by atomic mass is 16.7. The Morgan fingerprint density at radius 3 is 2.12 bits per heavy atom. The Hall–Kier alpha value is -4.50. The minimum atomic E-state index is -0.227. The maximum absolute atomic E-state index is 13.4. The van der Waals surface area contributed by atoms with Crippen LogP contribution in [0.3, 0.4) is 0 Å². The molecule has 4 heterocycles. The van der Waals surface area contributed by atoms with Gasteiger partial charge in [0.2, 0.25) is 0 Å². The van der Waals surface area contributed by atoms with Crippen molar-refractivity contribution >= 4 is 17.1 Å². The highest BCUT2D eigenvalue weighted by molar-refractivity contribution is 5.88. The number of amides is 1. The number of hydrogen-bond acceptors (Lipinski definition) is 9. The number of nitrogens with zero attached hydrogens (tertiary/aromatic N) is 6. The van der Waals surface area contributed by atoms with Crippen LogP contribution in [0.25, 0.3) is 11.0 Å². The molecule has 1 saturated heterocycles. The first-order chi connectivity index (χ1) is 19.7. The third kappa shape index (κ3) is 4.42. The van der Waals surface area contributed by atoms with Crippen LogP contribution in [0.1, 0.15) is 33.9 Å². The molecule has 1 amide bonds. The molecule has 0 atom stereocenters. The SMILES string of the molecule is N#Cc1ccc2c(c1)nnn2C(=O)N1CCN(C(c2ccc3c(c2)COCO3)c2ccc3c(c2)COCO3)CC1. The normalized spacial score (nSPS) is 17.1. The number of carbonyl (C=O) groups excluding carboxylic acids is 1. The molecule has 0 spiro atoms. The van der Waals surface area contributed by atoms with Gasteiger partial charge in [-0.2, -0.15) is 9.94 Å². The summed E-state index contributed by atoms with van der Waals surface area (Å²) < 4.78 is 23.7. The summed E-state index contributed by atoms with van der Waals surface area (Å²) in [6.07, 6.45) is 0. The van der Waals surface area contributed by atoms with Crippen molar-refractivity contribution < 1.29 is 23.7 Å². The van der Waals surface area contributed by atoms with Crippen LogP contribution in [0.15, 0.2) is 54.6 Å². The molecular formula is C29H26N6O5. The molecule has 3 aliphatic rings. The van der Waals surface area contributed by atoms with E-state index in [1.54, 1.807) is 23.1 Å². The predicted octanol–water partition coefficient (Wildman–Crippen LogP) is 3.41. The van der Waals surface area contributed by atoms with Gasteiger partial charge in [0.1, 0.15) is 17.0 Å². The lowest BCUT2D eigenvalue weighted by Crippen LogP contribution is -2.51. The molecule has 40 heavy (non-hydrogen) atoms. The average molecular weight is 539 g/mol. The van der Waals surface area contributed by atoms with Crippen LogP contribution in [-0.4, -0.2) is 70.6 Å². The van der Waals surface area contributed by atoms with Gasteiger partial charge in [-0.1, -0.05) is 17.3 Å². The maximum atomic E-state index is 13.4. The van der Waals surface area contributed by atoms with Crippen LogP contribution < -0.4 is 9.47 Å². The summed E-state index contributed by atoms with van der Waals surface area (Å²) in [5.41, 5.74) is 5.87. The predicted molar refractivity (Wildman–Crippen MR) is 141 cm³/mol. The van der Waals surface area contributed by atoms with Gasteiger partial charge in [0, 0.05) is 37.3 Å². The summed E-state index contributed by atoms with van der Waals surface area (Å²) in [4.78, 5) is 17.6. The highest BCUT2D eigenvalue weighted by Crippen LogP contribution is 2.36. The molecule has 11 heteroatoms. The van der Waals surface area contributed by atoms with E-state index in [4.69, 9.17) is 24.2 Å². The zero-order valence-electron chi connectivity index (χ0n) is 21.7. The number of hydrogen-bond donors (Lipinski definition) is 0. The van der Waals surface area contributed by atoms with Gasteiger partial charge in [-0.05, 0) is 53.6 Å². The molecule has 4 aromatic rings. The van der Waals surface area contributed by atoms with Gasteiger partial charge < -0.3 is 23.8 Å². The highest BCUT2D eigenvalue weighted by Gasteiger charge is 2.31. The van der Waals surface area contributed by atoms with E-state index in [1.807, 2.05) is 12.1 Å². The number of nitriles is 1. The first kappa shape index (κ1) is 24.5. The minimum Gasteiger partial charge on any atom is -0.467 e. The smallest absolute Gasteiger partial charge is 0.346 e. The van der Waals surface area contributed by atoms with Gasteiger partial charge in [-0.3, -0.25) is 4.90 Å². The number of aromatic nitrogens is 3. The lowest BCUT2D eigenvalue weighted by atomic mass is 9.93. The summed E-state index contributed by atoms with van der Waals surface area (Å²) in [5, 5.41) is 17.3. The molecule has 3 aliphatic heterocycles. The van der Waals surface area contributed by atoms with Crippen molar-refractivity contribution in [1.82, 2.24) is 24.8 Å². The molecular weight excluding hydrogens is 512 g/mol. The van der Waals surface area contributed by atoms with Crippen LogP contribution in [-0.2, 0) is 22.7 Å². The zero-order chi connectivity index (χ0) is 27.1. The van der Waals surface area contributed by atoms with E-state index in [9.17, 15) is 4.79 Å². The number of carbonyl (C=O) groups is 1. The Balaban J connectivity index is 1.16. The van der Waals surface area contributed by atoms with E-state index in [-0.39, 0.29) is 25.7 Å². The number of ether oxygens (including phenoxy) is 4. The molecule has 0 aliphatic carbocycles. The van der Waals surface area contributed by atoms with E-state index in [0.717, 1.165) is 33.8 Å². The van der Waals surface area contributed by atoms with Crippen LogP contribution in [0, 0.1) is 11.3 Å². The first-order valence-corrected chi connectivity index (χ1v) is 13.1. The Morgan fingerprint density at radius 1 is 0.850 bits per heavy atom. The van der Waals surface area contributed by atoms with E-state index < -0.39 is 0 Å². The molecule has 0 unspecified atom stereocenters. The second-order valence-corrected chi connectivity index (χ2v) is 9.98. The van der Waals surface area contributed by atoms with Crippen molar-refractivity contribution in [2.45, 2.75) is 19.3 Å². The fourth-order valence-corrected chi connectivity index (χ4v) is 5.61. The Morgan fingerprint density at radius 2 is 1.50 bits per heavy atom. The fourth-order valence-electron chi connectivity index (χ4n) is 5.61. The van der Waals surface area contributed by atoms with Gasteiger partial charge in [0.05, 0.1) is 36.4 Å². The molecule has 0 saturated carbocycles. The number of piperazine rings is 1. The maximum Gasteiger partial charge on any atom is 0.346 e. The number of rotatable bonds is 3. The topological polar surface area (TPSA) is 115 Å². The molecule has 202 valence electrons. The fraction of sp³-hybridized carbons (Fsp3) is 0.310. The van der Waals surface area contributed by atoms with Gasteiger partial charge in [-0.25, -0.2) is 4.79 Å². The molecule has 11 nitrogen and oxygen atoms in total. The van der Waals surface area contributed by atoms with Crippen LogP contribution in [0.2, 0.25) is 0 Å². The minimum absolute atomic E-state index is 0.0479. The van der Waals surface area contributed by atoms with Crippen molar-refractivity contribution in [2.75, 3.05) is 39.8 Å². The van der Waals surface area contributed by atoms with E-state index in [0.29, 0.717) is 56.0 Å². The Bertz CT molecular complexity index is 1580. The number of fused-ring (bicyclic) bond motifs is 3. The number of benzene rings is 3.